The van der Waals surface area contributed by atoms with Crippen molar-refractivity contribution < 1.29 is 0 Å². The Labute approximate surface area is 187 Å². The van der Waals surface area contributed by atoms with Gasteiger partial charge in [-0.25, -0.2) is 14.6 Å². The predicted molar refractivity (Wildman–Crippen MR) is 124 cm³/mol. The lowest BCUT2D eigenvalue weighted by Gasteiger charge is -2.10. The summed E-state index contributed by atoms with van der Waals surface area (Å²) in [5.74, 6) is 2.04. The van der Waals surface area contributed by atoms with Crippen LogP contribution in [0.4, 0.5) is 0 Å². The fourth-order valence-electron chi connectivity index (χ4n) is 3.74. The molecule has 0 saturated heterocycles. The highest BCUT2D eigenvalue weighted by molar-refractivity contribution is 5.80. The molecule has 2 aromatic heterocycles. The Bertz CT molecular complexity index is 1220. The largest absolute Gasteiger partial charge is 0.346 e. The number of hydrogen-bond donors (Lipinski definition) is 1. The Kier molecular flexibility index (Phi) is 6.30. The third kappa shape index (κ3) is 4.54. The van der Waals surface area contributed by atoms with Crippen molar-refractivity contribution in [2.45, 2.75) is 53.1 Å². The van der Waals surface area contributed by atoms with Gasteiger partial charge in [0.05, 0.1) is 12.6 Å². The van der Waals surface area contributed by atoms with E-state index >= 15 is 0 Å². The van der Waals surface area contributed by atoms with Gasteiger partial charge >= 0.3 is 5.69 Å². The SMILES string of the molecule is CC(C)CCc1nn(C(C)C)c(=O)n1Cc1ccc(-c2ccccc2-c2nnn[nH]2)cc1. The number of benzene rings is 2. The average molecular weight is 432 g/mol. The van der Waals surface area contributed by atoms with Gasteiger partial charge in [-0.2, -0.15) is 5.10 Å². The molecule has 0 amide bonds. The van der Waals surface area contributed by atoms with Crippen LogP contribution in [-0.2, 0) is 13.0 Å². The number of rotatable bonds is 8. The zero-order valence-corrected chi connectivity index (χ0v) is 19.0. The summed E-state index contributed by atoms with van der Waals surface area (Å²) in [4.78, 5) is 13.0. The predicted octanol–water partition coefficient (Wildman–Crippen LogP) is 4.11. The number of aryl methyl sites for hydroxylation is 1. The summed E-state index contributed by atoms with van der Waals surface area (Å²) < 4.78 is 3.40. The molecular formula is C24H29N7O. The van der Waals surface area contributed by atoms with Gasteiger partial charge in [-0.1, -0.05) is 62.4 Å². The normalized spacial score (nSPS) is 11.6. The Balaban J connectivity index is 1.62. The summed E-state index contributed by atoms with van der Waals surface area (Å²) in [6.07, 6.45) is 1.80. The fraction of sp³-hybridized carbons (Fsp3) is 0.375. The highest BCUT2D eigenvalue weighted by atomic mass is 16.2. The first-order valence-corrected chi connectivity index (χ1v) is 11.0. The average Bonchev–Trinajstić information content (AvgIpc) is 3.42. The van der Waals surface area contributed by atoms with Crippen LogP contribution in [0.2, 0.25) is 0 Å². The summed E-state index contributed by atoms with van der Waals surface area (Å²) >= 11 is 0. The number of aromatic amines is 1. The Morgan fingerprint density at radius 3 is 2.31 bits per heavy atom. The molecule has 0 bridgehead atoms. The van der Waals surface area contributed by atoms with Crippen LogP contribution in [-0.4, -0.2) is 35.0 Å². The fourth-order valence-corrected chi connectivity index (χ4v) is 3.74. The first-order valence-electron chi connectivity index (χ1n) is 11.0. The molecule has 0 atom stereocenters. The van der Waals surface area contributed by atoms with E-state index in [1.54, 1.807) is 4.68 Å². The van der Waals surface area contributed by atoms with E-state index < -0.39 is 0 Å². The Morgan fingerprint density at radius 2 is 1.69 bits per heavy atom. The molecule has 0 aliphatic heterocycles. The monoisotopic (exact) mass is 431 g/mol. The minimum absolute atomic E-state index is 0.0333. The van der Waals surface area contributed by atoms with E-state index in [4.69, 9.17) is 0 Å². The van der Waals surface area contributed by atoms with Crippen molar-refractivity contribution in [2.75, 3.05) is 0 Å². The summed E-state index contributed by atoms with van der Waals surface area (Å²) in [7, 11) is 0. The van der Waals surface area contributed by atoms with Crippen LogP contribution in [0.25, 0.3) is 22.5 Å². The van der Waals surface area contributed by atoms with Crippen LogP contribution in [0.5, 0.6) is 0 Å². The lowest BCUT2D eigenvalue weighted by atomic mass is 9.98. The third-order valence-corrected chi connectivity index (χ3v) is 5.53. The molecule has 166 valence electrons. The molecule has 0 fully saturated rings. The number of H-pyrrole nitrogens is 1. The summed E-state index contributed by atoms with van der Waals surface area (Å²) in [5.41, 5.74) is 4.05. The van der Waals surface area contributed by atoms with E-state index in [9.17, 15) is 4.79 Å². The summed E-state index contributed by atoms with van der Waals surface area (Å²) in [5, 5.41) is 18.9. The van der Waals surface area contributed by atoms with Crippen molar-refractivity contribution in [3.63, 3.8) is 0 Å². The zero-order chi connectivity index (χ0) is 22.7. The summed E-state index contributed by atoms with van der Waals surface area (Å²) in [6, 6.07) is 16.3. The third-order valence-electron chi connectivity index (χ3n) is 5.53. The lowest BCUT2D eigenvalue weighted by molar-refractivity contribution is 0.502. The maximum Gasteiger partial charge on any atom is 0.346 e. The molecule has 0 aliphatic rings. The number of tetrazole rings is 1. The maximum atomic E-state index is 13.0. The van der Waals surface area contributed by atoms with E-state index in [1.807, 2.05) is 42.7 Å². The second-order valence-electron chi connectivity index (χ2n) is 8.75. The van der Waals surface area contributed by atoms with Crippen LogP contribution in [0.1, 0.15) is 51.5 Å². The maximum absolute atomic E-state index is 13.0. The van der Waals surface area contributed by atoms with Gasteiger partial charge in [0.2, 0.25) is 0 Å². The van der Waals surface area contributed by atoms with Gasteiger partial charge in [0, 0.05) is 12.0 Å². The Hall–Kier alpha value is -3.55. The minimum atomic E-state index is -0.0500. The van der Waals surface area contributed by atoms with E-state index in [0.29, 0.717) is 18.3 Å². The van der Waals surface area contributed by atoms with Gasteiger partial charge in [-0.3, -0.25) is 4.57 Å². The van der Waals surface area contributed by atoms with Crippen LogP contribution in [0.3, 0.4) is 0 Å². The Morgan fingerprint density at radius 1 is 0.969 bits per heavy atom. The molecule has 4 aromatic rings. The van der Waals surface area contributed by atoms with E-state index in [-0.39, 0.29) is 11.7 Å². The quantitative estimate of drug-likeness (QED) is 0.453. The van der Waals surface area contributed by atoms with Gasteiger partial charge in [0.15, 0.2) is 5.82 Å². The van der Waals surface area contributed by atoms with Crippen LogP contribution in [0.15, 0.2) is 53.3 Å². The first-order chi connectivity index (χ1) is 15.4. The molecule has 8 nitrogen and oxygen atoms in total. The van der Waals surface area contributed by atoms with E-state index in [0.717, 1.165) is 40.9 Å². The molecule has 4 rings (SSSR count). The molecule has 2 aromatic carbocycles. The van der Waals surface area contributed by atoms with Crippen molar-refractivity contribution in [2.24, 2.45) is 5.92 Å². The molecule has 0 saturated carbocycles. The van der Waals surface area contributed by atoms with Gasteiger partial charge in [0.1, 0.15) is 5.82 Å². The van der Waals surface area contributed by atoms with Gasteiger partial charge < -0.3 is 0 Å². The lowest BCUT2D eigenvalue weighted by Crippen LogP contribution is -2.27. The second kappa shape index (κ2) is 9.30. The first kappa shape index (κ1) is 21.7. The van der Waals surface area contributed by atoms with E-state index in [2.05, 4.69) is 63.8 Å². The molecule has 2 heterocycles. The van der Waals surface area contributed by atoms with Crippen molar-refractivity contribution in [1.82, 2.24) is 35.0 Å². The van der Waals surface area contributed by atoms with Crippen molar-refractivity contribution >= 4 is 0 Å². The molecule has 8 heteroatoms. The molecule has 0 radical (unpaired) electrons. The zero-order valence-electron chi connectivity index (χ0n) is 19.0. The number of aromatic nitrogens is 7. The van der Waals surface area contributed by atoms with Gasteiger partial charge in [0.25, 0.3) is 0 Å². The molecular weight excluding hydrogens is 402 g/mol. The van der Waals surface area contributed by atoms with Crippen LogP contribution >= 0.6 is 0 Å². The minimum Gasteiger partial charge on any atom is -0.274 e. The smallest absolute Gasteiger partial charge is 0.274 e. The van der Waals surface area contributed by atoms with Crippen LogP contribution in [0, 0.1) is 5.92 Å². The highest BCUT2D eigenvalue weighted by Crippen LogP contribution is 2.29. The number of nitrogens with zero attached hydrogens (tertiary/aromatic N) is 6. The molecule has 1 N–H and O–H groups in total. The van der Waals surface area contributed by atoms with Gasteiger partial charge in [-0.15, -0.1) is 5.10 Å². The number of hydrogen-bond acceptors (Lipinski definition) is 5. The van der Waals surface area contributed by atoms with Crippen molar-refractivity contribution in [3.05, 3.63) is 70.4 Å². The number of nitrogens with one attached hydrogen (secondary N) is 1. The summed E-state index contributed by atoms with van der Waals surface area (Å²) in [6.45, 7) is 8.86. The van der Waals surface area contributed by atoms with Gasteiger partial charge in [-0.05, 0) is 53.3 Å². The standard InChI is InChI=1S/C24H29N7O/c1-16(2)9-14-22-27-31(17(3)4)24(32)30(22)15-18-10-12-19(13-11-18)20-7-5-6-8-21(20)23-25-28-29-26-23/h5-8,10-13,16-17H,9,14-15H2,1-4H3,(H,25,26,28,29). The molecule has 0 unspecified atom stereocenters. The van der Waals surface area contributed by atoms with Crippen molar-refractivity contribution in [1.29, 1.82) is 0 Å². The molecule has 0 aliphatic carbocycles. The highest BCUT2D eigenvalue weighted by Gasteiger charge is 2.16. The van der Waals surface area contributed by atoms with E-state index in [1.165, 1.54) is 0 Å². The second-order valence-corrected chi connectivity index (χ2v) is 8.75. The van der Waals surface area contributed by atoms with Crippen LogP contribution < -0.4 is 5.69 Å². The van der Waals surface area contributed by atoms with Crippen molar-refractivity contribution in [3.8, 4) is 22.5 Å². The molecule has 32 heavy (non-hydrogen) atoms. The topological polar surface area (TPSA) is 94.3 Å². The molecule has 0 spiro atoms.